The van der Waals surface area contributed by atoms with E-state index < -0.39 is 0 Å². The van der Waals surface area contributed by atoms with Gasteiger partial charge in [0.2, 0.25) is 0 Å². The number of halogens is 1. The van der Waals surface area contributed by atoms with Gasteiger partial charge in [-0.25, -0.2) is 0 Å². The second-order valence-electron chi connectivity index (χ2n) is 5.53. The second kappa shape index (κ2) is 6.78. The molecule has 1 unspecified atom stereocenters. The number of hydrogen-bond donors (Lipinski definition) is 1. The molecule has 20 heavy (non-hydrogen) atoms. The van der Waals surface area contributed by atoms with Crippen molar-refractivity contribution >= 4 is 21.6 Å². The first-order valence-electron chi connectivity index (χ1n) is 7.01. The Kier molecular flexibility index (Phi) is 5.29. The first kappa shape index (κ1) is 15.6. The van der Waals surface area contributed by atoms with Crippen molar-refractivity contribution < 1.29 is 9.47 Å². The van der Waals surface area contributed by atoms with E-state index >= 15 is 0 Å². The molecule has 1 saturated heterocycles. The lowest BCUT2D eigenvalue weighted by Crippen LogP contribution is -2.47. The Morgan fingerprint density at radius 3 is 2.90 bits per heavy atom. The molecule has 0 radical (unpaired) electrons. The van der Waals surface area contributed by atoms with E-state index in [2.05, 4.69) is 34.7 Å². The first-order chi connectivity index (χ1) is 9.47. The van der Waals surface area contributed by atoms with Crippen molar-refractivity contribution in [2.75, 3.05) is 32.0 Å². The van der Waals surface area contributed by atoms with Gasteiger partial charge in [0.25, 0.3) is 0 Å². The molecule has 1 aliphatic heterocycles. The van der Waals surface area contributed by atoms with Gasteiger partial charge in [-0.05, 0) is 38.5 Å². The van der Waals surface area contributed by atoms with Gasteiger partial charge in [-0.2, -0.15) is 0 Å². The van der Waals surface area contributed by atoms with Crippen LogP contribution in [0.15, 0.2) is 16.6 Å². The van der Waals surface area contributed by atoms with Crippen LogP contribution >= 0.6 is 15.9 Å². The standard InChI is InChI=1S/C15H23BrN2O2/c1-10(2)18-4-5-19-13(8-18)9-20-15-11(3)6-12(16)7-14(15)17/h6-7,10,13H,4-5,8-9,17H2,1-3H3. The van der Waals surface area contributed by atoms with Crippen LogP contribution < -0.4 is 10.5 Å². The maximum atomic E-state index is 6.01. The third-order valence-electron chi connectivity index (χ3n) is 3.58. The molecule has 1 heterocycles. The maximum absolute atomic E-state index is 6.01. The van der Waals surface area contributed by atoms with Gasteiger partial charge in [-0.15, -0.1) is 0 Å². The summed E-state index contributed by atoms with van der Waals surface area (Å²) >= 11 is 3.43. The summed E-state index contributed by atoms with van der Waals surface area (Å²) in [7, 11) is 0. The predicted molar refractivity (Wildman–Crippen MR) is 85.2 cm³/mol. The van der Waals surface area contributed by atoms with Crippen LogP contribution in [0.25, 0.3) is 0 Å². The SMILES string of the molecule is Cc1cc(Br)cc(N)c1OCC1CN(C(C)C)CCO1. The Morgan fingerprint density at radius 1 is 1.50 bits per heavy atom. The topological polar surface area (TPSA) is 47.7 Å². The van der Waals surface area contributed by atoms with Crippen molar-refractivity contribution in [2.45, 2.75) is 32.9 Å². The minimum atomic E-state index is 0.105. The highest BCUT2D eigenvalue weighted by Crippen LogP contribution is 2.30. The average Bonchev–Trinajstić information content (AvgIpc) is 2.37. The summed E-state index contributed by atoms with van der Waals surface area (Å²) in [6, 6.07) is 4.42. The molecular formula is C15H23BrN2O2. The number of anilines is 1. The lowest BCUT2D eigenvalue weighted by atomic mass is 10.2. The molecule has 5 heteroatoms. The Labute approximate surface area is 129 Å². The van der Waals surface area contributed by atoms with Crippen molar-refractivity contribution in [2.24, 2.45) is 0 Å². The van der Waals surface area contributed by atoms with Gasteiger partial charge in [-0.3, -0.25) is 4.90 Å². The highest BCUT2D eigenvalue weighted by Gasteiger charge is 2.23. The van der Waals surface area contributed by atoms with Gasteiger partial charge in [0, 0.05) is 23.6 Å². The molecule has 0 bridgehead atoms. The van der Waals surface area contributed by atoms with Gasteiger partial charge in [-0.1, -0.05) is 15.9 Å². The zero-order valence-corrected chi connectivity index (χ0v) is 13.9. The molecule has 1 aromatic rings. The highest BCUT2D eigenvalue weighted by molar-refractivity contribution is 9.10. The van der Waals surface area contributed by atoms with Crippen molar-refractivity contribution in [3.8, 4) is 5.75 Å². The van der Waals surface area contributed by atoms with Crippen LogP contribution in [-0.2, 0) is 4.74 Å². The molecule has 1 aliphatic rings. The molecular weight excluding hydrogens is 320 g/mol. The number of nitrogens with zero attached hydrogens (tertiary/aromatic N) is 1. The molecule has 4 nitrogen and oxygen atoms in total. The fraction of sp³-hybridized carbons (Fsp3) is 0.600. The highest BCUT2D eigenvalue weighted by atomic mass is 79.9. The number of rotatable bonds is 4. The van der Waals surface area contributed by atoms with Crippen LogP contribution in [0.3, 0.4) is 0 Å². The fourth-order valence-electron chi connectivity index (χ4n) is 2.44. The van der Waals surface area contributed by atoms with Crippen LogP contribution in [-0.4, -0.2) is 43.3 Å². The maximum Gasteiger partial charge on any atom is 0.145 e. The van der Waals surface area contributed by atoms with E-state index in [4.69, 9.17) is 15.2 Å². The minimum absolute atomic E-state index is 0.105. The van der Waals surface area contributed by atoms with E-state index in [1.54, 1.807) is 0 Å². The van der Waals surface area contributed by atoms with Crippen LogP contribution in [0, 0.1) is 6.92 Å². The summed E-state index contributed by atoms with van der Waals surface area (Å²) in [4.78, 5) is 2.41. The van der Waals surface area contributed by atoms with Gasteiger partial charge in [0.15, 0.2) is 0 Å². The Hall–Kier alpha value is -0.780. The summed E-state index contributed by atoms with van der Waals surface area (Å²) < 4.78 is 12.6. The normalized spacial score (nSPS) is 20.4. The number of ether oxygens (including phenoxy) is 2. The van der Waals surface area contributed by atoms with E-state index in [-0.39, 0.29) is 6.10 Å². The minimum Gasteiger partial charge on any atom is -0.488 e. The fourth-order valence-corrected chi connectivity index (χ4v) is 3.03. The van der Waals surface area contributed by atoms with Crippen molar-refractivity contribution in [1.29, 1.82) is 0 Å². The van der Waals surface area contributed by atoms with E-state index in [9.17, 15) is 0 Å². The second-order valence-corrected chi connectivity index (χ2v) is 6.45. The lowest BCUT2D eigenvalue weighted by molar-refractivity contribution is -0.0564. The number of benzene rings is 1. The van der Waals surface area contributed by atoms with E-state index in [0.717, 1.165) is 35.5 Å². The van der Waals surface area contributed by atoms with E-state index in [1.165, 1.54) is 0 Å². The third kappa shape index (κ3) is 3.87. The molecule has 1 fully saturated rings. The molecule has 0 spiro atoms. The van der Waals surface area contributed by atoms with Crippen molar-refractivity contribution in [3.63, 3.8) is 0 Å². The monoisotopic (exact) mass is 342 g/mol. The quantitative estimate of drug-likeness (QED) is 0.854. The summed E-state index contributed by atoms with van der Waals surface area (Å²) in [6.45, 7) is 9.62. The van der Waals surface area contributed by atoms with Gasteiger partial charge in [0.05, 0.1) is 12.3 Å². The molecule has 0 saturated carbocycles. The number of nitrogens with two attached hydrogens (primary N) is 1. The number of aryl methyl sites for hydroxylation is 1. The summed E-state index contributed by atoms with van der Waals surface area (Å²) in [5, 5.41) is 0. The first-order valence-corrected chi connectivity index (χ1v) is 7.80. The Bertz CT molecular complexity index is 442. The lowest BCUT2D eigenvalue weighted by Gasteiger charge is -2.35. The molecule has 2 N–H and O–H groups in total. The molecule has 2 rings (SSSR count). The molecule has 0 aliphatic carbocycles. The third-order valence-corrected chi connectivity index (χ3v) is 4.04. The van der Waals surface area contributed by atoms with Crippen LogP contribution in [0.4, 0.5) is 5.69 Å². The molecule has 0 aromatic heterocycles. The van der Waals surface area contributed by atoms with Crippen molar-refractivity contribution in [3.05, 3.63) is 22.2 Å². The van der Waals surface area contributed by atoms with E-state index in [0.29, 0.717) is 18.3 Å². The van der Waals surface area contributed by atoms with Gasteiger partial charge < -0.3 is 15.2 Å². The van der Waals surface area contributed by atoms with Crippen LogP contribution in [0.1, 0.15) is 19.4 Å². The largest absolute Gasteiger partial charge is 0.488 e. The summed E-state index contributed by atoms with van der Waals surface area (Å²) in [6.07, 6.45) is 0.105. The zero-order chi connectivity index (χ0) is 14.7. The van der Waals surface area contributed by atoms with E-state index in [1.807, 2.05) is 19.1 Å². The molecule has 1 aromatic carbocycles. The molecule has 0 amide bonds. The van der Waals surface area contributed by atoms with Gasteiger partial charge >= 0.3 is 0 Å². The summed E-state index contributed by atoms with van der Waals surface area (Å²) in [5.41, 5.74) is 7.70. The molecule has 1 atom stereocenters. The number of morpholine rings is 1. The summed E-state index contributed by atoms with van der Waals surface area (Å²) in [5.74, 6) is 0.762. The number of nitrogen functional groups attached to an aromatic ring is 1. The van der Waals surface area contributed by atoms with Crippen LogP contribution in [0.2, 0.25) is 0 Å². The average molecular weight is 343 g/mol. The number of hydrogen-bond acceptors (Lipinski definition) is 4. The smallest absolute Gasteiger partial charge is 0.145 e. The van der Waals surface area contributed by atoms with Gasteiger partial charge in [0.1, 0.15) is 18.5 Å². The van der Waals surface area contributed by atoms with Crippen molar-refractivity contribution in [1.82, 2.24) is 4.90 Å². The Morgan fingerprint density at radius 2 is 2.25 bits per heavy atom. The van der Waals surface area contributed by atoms with Crippen LogP contribution in [0.5, 0.6) is 5.75 Å². The zero-order valence-electron chi connectivity index (χ0n) is 12.4. The Balaban J connectivity index is 1.95. The predicted octanol–water partition coefficient (Wildman–Crippen LogP) is 2.83. The molecule has 112 valence electrons.